The molecule has 1 aromatic heterocycles. The normalized spacial score (nSPS) is 10.3. The minimum Gasteiger partial charge on any atom is -0.236 e. The maximum atomic E-state index is 5.94. The Morgan fingerprint density at radius 3 is 2.53 bits per heavy atom. The van der Waals surface area contributed by atoms with Gasteiger partial charge in [0.25, 0.3) is 0 Å². The van der Waals surface area contributed by atoms with E-state index in [1.54, 1.807) is 6.07 Å². The maximum Gasteiger partial charge on any atom is 0.133 e. The maximum absolute atomic E-state index is 5.94. The Kier molecular flexibility index (Phi) is 2.89. The molecule has 1 heterocycles. The number of halogens is 2. The third-order valence-corrected chi connectivity index (χ3v) is 2.72. The van der Waals surface area contributed by atoms with E-state index in [4.69, 9.17) is 23.2 Å². The van der Waals surface area contributed by atoms with Crippen LogP contribution in [0.25, 0.3) is 11.3 Å². The van der Waals surface area contributed by atoms with Gasteiger partial charge in [-0.2, -0.15) is 0 Å². The topological polar surface area (TPSA) is 25.8 Å². The highest BCUT2D eigenvalue weighted by Gasteiger charge is 2.02. The molecule has 76 valence electrons. The van der Waals surface area contributed by atoms with Crippen LogP contribution in [0.1, 0.15) is 5.56 Å². The van der Waals surface area contributed by atoms with E-state index in [1.807, 2.05) is 25.1 Å². The predicted molar refractivity (Wildman–Crippen MR) is 62.2 cm³/mol. The highest BCUT2D eigenvalue weighted by molar-refractivity contribution is 6.31. The van der Waals surface area contributed by atoms with Gasteiger partial charge in [0.05, 0.1) is 5.69 Å². The van der Waals surface area contributed by atoms with Crippen molar-refractivity contribution in [1.82, 2.24) is 9.97 Å². The van der Waals surface area contributed by atoms with E-state index in [0.717, 1.165) is 21.8 Å². The van der Waals surface area contributed by atoms with Crippen molar-refractivity contribution in [1.29, 1.82) is 0 Å². The van der Waals surface area contributed by atoms with E-state index < -0.39 is 0 Å². The zero-order valence-corrected chi connectivity index (χ0v) is 9.55. The summed E-state index contributed by atoms with van der Waals surface area (Å²) in [5.41, 5.74) is 2.81. The lowest BCUT2D eigenvalue weighted by Gasteiger charge is -2.03. The second-order valence-electron chi connectivity index (χ2n) is 3.19. The third-order valence-electron chi connectivity index (χ3n) is 2.09. The second kappa shape index (κ2) is 4.17. The number of hydrogen-bond acceptors (Lipinski definition) is 2. The van der Waals surface area contributed by atoms with Gasteiger partial charge < -0.3 is 0 Å². The fourth-order valence-electron chi connectivity index (χ4n) is 1.30. The molecule has 2 aromatic rings. The van der Waals surface area contributed by atoms with Crippen LogP contribution in [0, 0.1) is 6.92 Å². The van der Waals surface area contributed by atoms with Crippen molar-refractivity contribution in [2.75, 3.05) is 0 Å². The number of hydrogen-bond donors (Lipinski definition) is 0. The van der Waals surface area contributed by atoms with Gasteiger partial charge in [-0.25, -0.2) is 9.97 Å². The highest BCUT2D eigenvalue weighted by Crippen LogP contribution is 2.23. The van der Waals surface area contributed by atoms with Gasteiger partial charge in [-0.3, -0.25) is 0 Å². The molecule has 0 fully saturated rings. The zero-order chi connectivity index (χ0) is 10.8. The molecular formula is C11H8Cl2N2. The van der Waals surface area contributed by atoms with Gasteiger partial charge in [0.1, 0.15) is 11.5 Å². The molecule has 0 bridgehead atoms. The number of aromatic nitrogens is 2. The van der Waals surface area contributed by atoms with Crippen LogP contribution >= 0.6 is 23.2 Å². The van der Waals surface area contributed by atoms with Crippen LogP contribution < -0.4 is 0 Å². The highest BCUT2D eigenvalue weighted by atomic mass is 35.5. The molecule has 0 aliphatic rings. The van der Waals surface area contributed by atoms with Gasteiger partial charge in [-0.1, -0.05) is 29.3 Å². The molecule has 2 rings (SSSR count). The van der Waals surface area contributed by atoms with Gasteiger partial charge in [-0.05, 0) is 24.6 Å². The van der Waals surface area contributed by atoms with E-state index >= 15 is 0 Å². The first-order valence-electron chi connectivity index (χ1n) is 4.41. The summed E-state index contributed by atoms with van der Waals surface area (Å²) in [6, 6.07) is 7.46. The predicted octanol–water partition coefficient (Wildman–Crippen LogP) is 3.76. The second-order valence-corrected chi connectivity index (χ2v) is 3.98. The van der Waals surface area contributed by atoms with Crippen molar-refractivity contribution in [2.45, 2.75) is 6.92 Å². The van der Waals surface area contributed by atoms with Crippen molar-refractivity contribution in [3.63, 3.8) is 0 Å². The summed E-state index contributed by atoms with van der Waals surface area (Å²) in [4.78, 5) is 7.98. The number of nitrogens with zero attached hydrogens (tertiary/aromatic N) is 2. The van der Waals surface area contributed by atoms with Crippen LogP contribution in [0.4, 0.5) is 0 Å². The molecule has 2 nitrogen and oxygen atoms in total. The summed E-state index contributed by atoms with van der Waals surface area (Å²) < 4.78 is 0. The molecular weight excluding hydrogens is 231 g/mol. The van der Waals surface area contributed by atoms with E-state index in [1.165, 1.54) is 6.33 Å². The lowest BCUT2D eigenvalue weighted by molar-refractivity contribution is 1.17. The fourth-order valence-corrected chi connectivity index (χ4v) is 1.56. The van der Waals surface area contributed by atoms with Crippen molar-refractivity contribution < 1.29 is 0 Å². The molecule has 15 heavy (non-hydrogen) atoms. The molecule has 0 unspecified atom stereocenters. The average Bonchev–Trinajstić information content (AvgIpc) is 2.22. The third kappa shape index (κ3) is 2.28. The molecule has 0 atom stereocenters. The smallest absolute Gasteiger partial charge is 0.133 e. The van der Waals surface area contributed by atoms with Gasteiger partial charge in [-0.15, -0.1) is 0 Å². The molecule has 0 saturated carbocycles. The summed E-state index contributed by atoms with van der Waals surface area (Å²) in [7, 11) is 0. The Labute approximate surface area is 97.9 Å². The number of benzene rings is 1. The summed E-state index contributed by atoms with van der Waals surface area (Å²) >= 11 is 11.7. The van der Waals surface area contributed by atoms with Crippen LogP contribution in [0.2, 0.25) is 10.2 Å². The lowest BCUT2D eigenvalue weighted by Crippen LogP contribution is -1.86. The average molecular weight is 239 g/mol. The van der Waals surface area contributed by atoms with Crippen LogP contribution in [0.3, 0.4) is 0 Å². The first-order chi connectivity index (χ1) is 7.16. The van der Waals surface area contributed by atoms with Crippen LogP contribution in [-0.4, -0.2) is 9.97 Å². The minimum absolute atomic E-state index is 0.438. The zero-order valence-electron chi connectivity index (χ0n) is 8.04. The van der Waals surface area contributed by atoms with E-state index in [2.05, 4.69) is 9.97 Å². The Morgan fingerprint density at radius 2 is 1.87 bits per heavy atom. The first-order valence-corrected chi connectivity index (χ1v) is 5.16. The quantitative estimate of drug-likeness (QED) is 0.708. The first kappa shape index (κ1) is 10.4. The molecule has 0 saturated heterocycles. The molecule has 0 spiro atoms. The van der Waals surface area contributed by atoms with Crippen molar-refractivity contribution >= 4 is 23.2 Å². The van der Waals surface area contributed by atoms with Gasteiger partial charge in [0.2, 0.25) is 0 Å². The number of rotatable bonds is 1. The summed E-state index contributed by atoms with van der Waals surface area (Å²) in [5.74, 6) is 0. The Balaban J connectivity index is 2.50. The molecule has 0 amide bonds. The van der Waals surface area contributed by atoms with E-state index in [-0.39, 0.29) is 0 Å². The van der Waals surface area contributed by atoms with E-state index in [0.29, 0.717) is 5.15 Å². The Morgan fingerprint density at radius 1 is 1.07 bits per heavy atom. The SMILES string of the molecule is Cc1cc(-c2cc(Cl)ncn2)ccc1Cl. The molecule has 0 aliphatic heterocycles. The lowest BCUT2D eigenvalue weighted by atomic mass is 10.1. The summed E-state index contributed by atoms with van der Waals surface area (Å²) in [6.07, 6.45) is 1.45. The van der Waals surface area contributed by atoms with Gasteiger partial charge in [0, 0.05) is 16.7 Å². The van der Waals surface area contributed by atoms with Crippen LogP contribution in [-0.2, 0) is 0 Å². The monoisotopic (exact) mass is 238 g/mol. The standard InChI is InChI=1S/C11H8Cl2N2/c1-7-4-8(2-3-9(7)12)10-5-11(13)15-6-14-10/h2-6H,1H3. The van der Waals surface area contributed by atoms with Gasteiger partial charge >= 0.3 is 0 Å². The van der Waals surface area contributed by atoms with Gasteiger partial charge in [0.15, 0.2) is 0 Å². The Bertz CT molecular complexity index is 498. The minimum atomic E-state index is 0.438. The molecule has 1 aromatic carbocycles. The Hall–Kier alpha value is -1.12. The van der Waals surface area contributed by atoms with Crippen molar-refractivity contribution in [3.8, 4) is 11.3 Å². The fraction of sp³-hybridized carbons (Fsp3) is 0.0909. The van der Waals surface area contributed by atoms with Crippen LogP contribution in [0.5, 0.6) is 0 Å². The molecule has 0 radical (unpaired) electrons. The van der Waals surface area contributed by atoms with Crippen molar-refractivity contribution in [3.05, 3.63) is 46.3 Å². The summed E-state index contributed by atoms with van der Waals surface area (Å²) in [6.45, 7) is 1.95. The van der Waals surface area contributed by atoms with E-state index in [9.17, 15) is 0 Å². The number of aryl methyl sites for hydroxylation is 1. The molecule has 0 aliphatic carbocycles. The van der Waals surface area contributed by atoms with Crippen LogP contribution in [0.15, 0.2) is 30.6 Å². The molecule has 0 N–H and O–H groups in total. The molecule has 4 heteroatoms. The van der Waals surface area contributed by atoms with Crippen molar-refractivity contribution in [2.24, 2.45) is 0 Å². The largest absolute Gasteiger partial charge is 0.236 e. The summed E-state index contributed by atoms with van der Waals surface area (Å²) in [5, 5.41) is 1.19.